The zero-order valence-corrected chi connectivity index (χ0v) is 22.4. The van der Waals surface area contributed by atoms with E-state index in [-0.39, 0.29) is 17.9 Å². The number of amides is 2. The third-order valence-electron chi connectivity index (χ3n) is 7.50. The van der Waals surface area contributed by atoms with Crippen molar-refractivity contribution in [2.24, 2.45) is 0 Å². The summed E-state index contributed by atoms with van der Waals surface area (Å²) in [6.07, 6.45) is 2.58. The second-order valence-corrected chi connectivity index (χ2v) is 11.3. The predicted molar refractivity (Wildman–Crippen MR) is 146 cm³/mol. The van der Waals surface area contributed by atoms with Crippen molar-refractivity contribution in [1.29, 1.82) is 0 Å². The monoisotopic (exact) mass is 534 g/mol. The maximum absolute atomic E-state index is 14.5. The van der Waals surface area contributed by atoms with Gasteiger partial charge in [-0.2, -0.15) is 5.10 Å². The lowest BCUT2D eigenvalue weighted by Gasteiger charge is -2.35. The van der Waals surface area contributed by atoms with E-state index >= 15 is 0 Å². The minimum atomic E-state index is -0.264. The first-order valence-corrected chi connectivity index (χ1v) is 13.8. The van der Waals surface area contributed by atoms with Gasteiger partial charge >= 0.3 is 6.03 Å². The van der Waals surface area contributed by atoms with Crippen LogP contribution in [0, 0.1) is 12.7 Å². The van der Waals surface area contributed by atoms with Crippen molar-refractivity contribution in [3.63, 3.8) is 0 Å². The summed E-state index contributed by atoms with van der Waals surface area (Å²) in [5, 5.41) is 12.1. The van der Waals surface area contributed by atoms with Gasteiger partial charge in [-0.15, -0.1) is 11.3 Å². The van der Waals surface area contributed by atoms with Gasteiger partial charge in [0, 0.05) is 54.5 Å². The van der Waals surface area contributed by atoms with Crippen LogP contribution in [0.1, 0.15) is 34.7 Å². The summed E-state index contributed by atoms with van der Waals surface area (Å²) in [4.78, 5) is 21.9. The zero-order valence-electron chi connectivity index (χ0n) is 21.6. The number of carbonyl (C=O) groups excluding carboxylic acids is 1. The number of benzene rings is 2. The van der Waals surface area contributed by atoms with Gasteiger partial charge in [-0.05, 0) is 50.6 Å². The van der Waals surface area contributed by atoms with Gasteiger partial charge in [0.1, 0.15) is 11.6 Å². The Balaban J connectivity index is 1.12. The van der Waals surface area contributed by atoms with E-state index in [1.54, 1.807) is 30.6 Å². The first kappa shape index (κ1) is 24.8. The lowest BCUT2D eigenvalue weighted by molar-refractivity contribution is 0.159. The van der Waals surface area contributed by atoms with E-state index in [9.17, 15) is 9.18 Å². The molecule has 0 unspecified atom stereocenters. The van der Waals surface area contributed by atoms with E-state index in [4.69, 9.17) is 4.74 Å². The number of nitrogens with one attached hydrogen (secondary N) is 2. The fourth-order valence-corrected chi connectivity index (χ4v) is 6.45. The number of urea groups is 1. The molecule has 8 nitrogen and oxygen atoms in total. The molecule has 2 aromatic carbocycles. The Labute approximate surface area is 224 Å². The van der Waals surface area contributed by atoms with Crippen molar-refractivity contribution in [2.75, 3.05) is 26.7 Å². The van der Waals surface area contributed by atoms with Crippen LogP contribution in [0.25, 0.3) is 21.5 Å². The van der Waals surface area contributed by atoms with Crippen molar-refractivity contribution in [1.82, 2.24) is 30.3 Å². The zero-order chi connectivity index (χ0) is 26.2. The summed E-state index contributed by atoms with van der Waals surface area (Å²) in [6, 6.07) is 11.1. The normalized spacial score (nSPS) is 18.0. The Bertz CT molecular complexity index is 1480. The second kappa shape index (κ2) is 10.3. The summed E-state index contributed by atoms with van der Waals surface area (Å²) in [7, 11) is 1.56. The quantitative estimate of drug-likeness (QED) is 0.381. The fourth-order valence-electron chi connectivity index (χ4n) is 5.58. The van der Waals surface area contributed by atoms with Crippen molar-refractivity contribution >= 4 is 27.6 Å². The number of methoxy groups -OCH3 is 1. The molecule has 198 valence electrons. The van der Waals surface area contributed by atoms with Crippen LogP contribution < -0.4 is 10.1 Å². The second-order valence-electron chi connectivity index (χ2n) is 10.1. The highest BCUT2D eigenvalue weighted by molar-refractivity contribution is 7.18. The number of piperidine rings is 1. The van der Waals surface area contributed by atoms with Gasteiger partial charge in [-0.3, -0.25) is 10.00 Å². The largest absolute Gasteiger partial charge is 0.496 e. The van der Waals surface area contributed by atoms with Gasteiger partial charge < -0.3 is 15.0 Å². The number of halogens is 1. The van der Waals surface area contributed by atoms with Crippen LogP contribution in [-0.4, -0.2) is 63.8 Å². The molecule has 38 heavy (non-hydrogen) atoms. The van der Waals surface area contributed by atoms with E-state index in [0.29, 0.717) is 37.5 Å². The molecule has 0 radical (unpaired) electrons. The number of fused-ring (bicyclic) bond motifs is 2. The van der Waals surface area contributed by atoms with Crippen LogP contribution in [0.5, 0.6) is 5.75 Å². The number of aromatic nitrogens is 3. The summed E-state index contributed by atoms with van der Waals surface area (Å²) in [5.74, 6) is 0.293. The molecular weight excluding hydrogens is 503 g/mol. The average Bonchev–Trinajstić information content (AvgIpc) is 3.51. The third-order valence-corrected chi connectivity index (χ3v) is 8.43. The molecule has 6 rings (SSSR count). The molecule has 2 aromatic heterocycles. The predicted octanol–water partition coefficient (Wildman–Crippen LogP) is 4.87. The Kier molecular flexibility index (Phi) is 6.75. The molecule has 1 fully saturated rings. The lowest BCUT2D eigenvalue weighted by atomic mass is 10.0. The van der Waals surface area contributed by atoms with Gasteiger partial charge in [0.2, 0.25) is 0 Å². The number of aryl methyl sites for hydroxylation is 1. The van der Waals surface area contributed by atoms with Crippen LogP contribution in [0.15, 0.2) is 36.4 Å². The highest BCUT2D eigenvalue weighted by Crippen LogP contribution is 2.32. The van der Waals surface area contributed by atoms with Gasteiger partial charge in [0.25, 0.3) is 0 Å². The van der Waals surface area contributed by atoms with Gasteiger partial charge in [0.05, 0.1) is 34.6 Å². The molecule has 1 atom stereocenters. The number of carbonyl (C=O) groups is 1. The van der Waals surface area contributed by atoms with E-state index in [2.05, 4.69) is 37.5 Å². The summed E-state index contributed by atoms with van der Waals surface area (Å²) >= 11 is 1.67. The molecule has 2 aliphatic rings. The first-order valence-electron chi connectivity index (χ1n) is 13.0. The van der Waals surface area contributed by atoms with Crippen molar-refractivity contribution in [3.05, 3.63) is 64.0 Å². The Morgan fingerprint density at radius 3 is 3.05 bits per heavy atom. The maximum Gasteiger partial charge on any atom is 0.317 e. The minimum Gasteiger partial charge on any atom is -0.496 e. The molecule has 2 amide bonds. The van der Waals surface area contributed by atoms with Crippen molar-refractivity contribution in [2.45, 2.75) is 45.3 Å². The molecule has 1 saturated heterocycles. The standard InChI is InChI=1S/C28H31FN6O2S/c1-17-30-24-9-8-18(13-26(24)38-17)27-21-16-35(12-10-23(21)32-33-27)28(36)31-19-5-4-11-34(14-19)15-20-22(29)6-3-7-25(20)37-2/h3,6-9,13,19H,4-5,10-12,14-16H2,1-2H3,(H,31,36)(H,32,33)/t19-/m1/s1. The highest BCUT2D eigenvalue weighted by atomic mass is 32.1. The third kappa shape index (κ3) is 4.86. The van der Waals surface area contributed by atoms with E-state index in [0.717, 1.165) is 63.5 Å². The van der Waals surface area contributed by atoms with Gasteiger partial charge in [-0.1, -0.05) is 12.1 Å². The number of thiazole rings is 1. The van der Waals surface area contributed by atoms with Crippen molar-refractivity contribution < 1.29 is 13.9 Å². The maximum atomic E-state index is 14.5. The molecule has 2 aliphatic heterocycles. The van der Waals surface area contributed by atoms with Gasteiger partial charge in [-0.25, -0.2) is 14.2 Å². The van der Waals surface area contributed by atoms with Crippen LogP contribution in [0.4, 0.5) is 9.18 Å². The Morgan fingerprint density at radius 2 is 2.18 bits per heavy atom. The minimum absolute atomic E-state index is 0.0104. The number of nitrogens with zero attached hydrogens (tertiary/aromatic N) is 4. The topological polar surface area (TPSA) is 86.4 Å². The highest BCUT2D eigenvalue weighted by Gasteiger charge is 2.29. The van der Waals surface area contributed by atoms with E-state index in [1.807, 2.05) is 17.9 Å². The number of aromatic amines is 1. The number of ether oxygens (including phenoxy) is 1. The van der Waals surface area contributed by atoms with E-state index < -0.39 is 0 Å². The number of rotatable bonds is 5. The molecule has 4 aromatic rings. The number of H-pyrrole nitrogens is 1. The van der Waals surface area contributed by atoms with Crippen LogP contribution in [0.2, 0.25) is 0 Å². The number of likely N-dealkylation sites (tertiary alicyclic amines) is 1. The summed E-state index contributed by atoms with van der Waals surface area (Å²) < 4.78 is 21.0. The number of hydrogen-bond donors (Lipinski definition) is 2. The Hall–Kier alpha value is -3.50. The first-order chi connectivity index (χ1) is 18.5. The molecule has 0 saturated carbocycles. The summed E-state index contributed by atoms with van der Waals surface area (Å²) in [5.41, 5.74) is 5.65. The number of hydrogen-bond acceptors (Lipinski definition) is 6. The van der Waals surface area contributed by atoms with Crippen molar-refractivity contribution in [3.8, 4) is 17.0 Å². The molecular formula is C28H31FN6O2S. The molecule has 0 bridgehead atoms. The molecule has 0 spiro atoms. The average molecular weight is 535 g/mol. The molecule has 10 heteroatoms. The van der Waals surface area contributed by atoms with Crippen LogP contribution in [0.3, 0.4) is 0 Å². The van der Waals surface area contributed by atoms with Crippen LogP contribution >= 0.6 is 11.3 Å². The molecule has 4 heterocycles. The Morgan fingerprint density at radius 1 is 1.29 bits per heavy atom. The van der Waals surface area contributed by atoms with E-state index in [1.165, 1.54) is 6.07 Å². The molecule has 0 aliphatic carbocycles. The molecule has 2 N–H and O–H groups in total. The lowest BCUT2D eigenvalue weighted by Crippen LogP contribution is -2.52. The SMILES string of the molecule is COc1cccc(F)c1CN1CCC[C@@H](NC(=O)N2CCc3[nH]nc(-c4ccc5nc(C)sc5c4)c3C2)C1. The summed E-state index contributed by atoms with van der Waals surface area (Å²) in [6.45, 7) is 5.15. The fraction of sp³-hybridized carbons (Fsp3) is 0.393. The van der Waals surface area contributed by atoms with Crippen LogP contribution in [-0.2, 0) is 19.5 Å². The van der Waals surface area contributed by atoms with Gasteiger partial charge in [0.15, 0.2) is 0 Å². The smallest absolute Gasteiger partial charge is 0.317 e.